The van der Waals surface area contributed by atoms with Gasteiger partial charge in [0.05, 0.1) is 13.2 Å². The first kappa shape index (κ1) is 18.0. The summed E-state index contributed by atoms with van der Waals surface area (Å²) in [6.07, 6.45) is 3.33. The van der Waals surface area contributed by atoms with Gasteiger partial charge < -0.3 is 19.9 Å². The predicted octanol–water partition coefficient (Wildman–Crippen LogP) is 0.979. The fourth-order valence-electron chi connectivity index (χ4n) is 3.92. The molecule has 0 spiro atoms. The molecule has 1 unspecified atom stereocenters. The van der Waals surface area contributed by atoms with Gasteiger partial charge in [-0.3, -0.25) is 4.79 Å². The van der Waals surface area contributed by atoms with Gasteiger partial charge in [0.2, 0.25) is 5.91 Å². The minimum Gasteiger partial charge on any atom is -0.378 e. The number of carbonyl (C=O) groups is 1. The van der Waals surface area contributed by atoms with Crippen molar-refractivity contribution in [3.8, 4) is 0 Å². The quantitative estimate of drug-likeness (QED) is 0.837. The average Bonchev–Trinajstić information content (AvgIpc) is 2.94. The van der Waals surface area contributed by atoms with Gasteiger partial charge in [0.25, 0.3) is 0 Å². The molecule has 3 aliphatic heterocycles. The molecular weight excluding hydrogens is 302 g/mol. The zero-order valence-corrected chi connectivity index (χ0v) is 14.5. The number of morpholine rings is 1. The molecule has 0 aromatic heterocycles. The van der Waals surface area contributed by atoms with E-state index >= 15 is 0 Å². The largest absolute Gasteiger partial charge is 0.378 e. The van der Waals surface area contributed by atoms with Crippen molar-refractivity contribution in [3.05, 3.63) is 0 Å². The van der Waals surface area contributed by atoms with Crippen molar-refractivity contribution in [1.29, 1.82) is 0 Å². The third-order valence-corrected chi connectivity index (χ3v) is 5.32. The fraction of sp³-hybridized carbons (Fsp3) is 0.938. The normalized spacial score (nSPS) is 31.0. The number of rotatable bonds is 3. The maximum absolute atomic E-state index is 12.5. The van der Waals surface area contributed by atoms with Crippen molar-refractivity contribution in [2.75, 3.05) is 59.0 Å². The van der Waals surface area contributed by atoms with Crippen molar-refractivity contribution in [3.63, 3.8) is 0 Å². The van der Waals surface area contributed by atoms with Gasteiger partial charge in [0, 0.05) is 32.1 Å². The summed E-state index contributed by atoms with van der Waals surface area (Å²) in [6, 6.07) is 0. The Kier molecular flexibility index (Phi) is 6.50. The maximum Gasteiger partial charge on any atom is 0.225 e. The third kappa shape index (κ3) is 4.34. The number of amides is 1. The number of halogens is 1. The fourth-order valence-corrected chi connectivity index (χ4v) is 3.92. The Morgan fingerprint density at radius 1 is 1.23 bits per heavy atom. The highest BCUT2D eigenvalue weighted by Crippen LogP contribution is 2.28. The summed E-state index contributed by atoms with van der Waals surface area (Å²) in [6.45, 7) is 11.0. The molecule has 0 saturated carbocycles. The molecule has 0 radical (unpaired) electrons. The van der Waals surface area contributed by atoms with E-state index in [0.29, 0.717) is 24.5 Å². The molecule has 22 heavy (non-hydrogen) atoms. The lowest BCUT2D eigenvalue weighted by atomic mass is 9.87. The van der Waals surface area contributed by atoms with Crippen LogP contribution in [-0.4, -0.2) is 74.7 Å². The Hall–Kier alpha value is -0.360. The van der Waals surface area contributed by atoms with Crippen molar-refractivity contribution >= 4 is 18.3 Å². The number of piperidine rings is 1. The average molecular weight is 332 g/mol. The van der Waals surface area contributed by atoms with Crippen LogP contribution in [0.2, 0.25) is 0 Å². The molecule has 3 saturated heterocycles. The number of hydrogen-bond acceptors (Lipinski definition) is 4. The number of nitrogens with one attached hydrogen (secondary N) is 1. The molecule has 0 aromatic rings. The van der Waals surface area contributed by atoms with Crippen LogP contribution in [0.1, 0.15) is 26.2 Å². The van der Waals surface area contributed by atoms with E-state index in [2.05, 4.69) is 17.1 Å². The smallest absolute Gasteiger partial charge is 0.225 e. The second kappa shape index (κ2) is 7.95. The van der Waals surface area contributed by atoms with Gasteiger partial charge in [-0.15, -0.1) is 12.4 Å². The van der Waals surface area contributed by atoms with Crippen molar-refractivity contribution in [2.45, 2.75) is 26.2 Å². The van der Waals surface area contributed by atoms with Crippen LogP contribution in [0.25, 0.3) is 0 Å². The SMILES string of the molecule is CC1(CN2CCC(C(=O)N3CCOCC3)CC2)CCNC1.Cl. The lowest BCUT2D eigenvalue weighted by Crippen LogP contribution is -2.48. The highest BCUT2D eigenvalue weighted by Gasteiger charge is 2.34. The van der Waals surface area contributed by atoms with Crippen LogP contribution >= 0.6 is 12.4 Å². The zero-order valence-electron chi connectivity index (χ0n) is 13.7. The molecular formula is C16H30ClN3O2. The van der Waals surface area contributed by atoms with Crippen molar-refractivity contribution in [2.24, 2.45) is 11.3 Å². The predicted molar refractivity (Wildman–Crippen MR) is 89.4 cm³/mol. The van der Waals surface area contributed by atoms with E-state index in [-0.39, 0.29) is 18.3 Å². The monoisotopic (exact) mass is 331 g/mol. The number of hydrogen-bond donors (Lipinski definition) is 1. The summed E-state index contributed by atoms with van der Waals surface area (Å²) >= 11 is 0. The molecule has 6 heteroatoms. The zero-order chi connectivity index (χ0) is 14.7. The first-order valence-corrected chi connectivity index (χ1v) is 8.46. The molecule has 0 bridgehead atoms. The minimum atomic E-state index is 0. The molecule has 128 valence electrons. The highest BCUT2D eigenvalue weighted by molar-refractivity contribution is 5.85. The summed E-state index contributed by atoms with van der Waals surface area (Å²) < 4.78 is 5.33. The van der Waals surface area contributed by atoms with Crippen molar-refractivity contribution in [1.82, 2.24) is 15.1 Å². The second-order valence-electron chi connectivity index (χ2n) is 7.23. The topological polar surface area (TPSA) is 44.8 Å². The molecule has 5 nitrogen and oxygen atoms in total. The molecule has 1 atom stereocenters. The standard InChI is InChI=1S/C16H29N3O2.ClH/c1-16(4-5-17-12-16)13-18-6-2-14(3-7-18)15(20)19-8-10-21-11-9-19;/h14,17H,2-13H2,1H3;1H. The summed E-state index contributed by atoms with van der Waals surface area (Å²) in [5.74, 6) is 0.612. The molecule has 3 fully saturated rings. The van der Waals surface area contributed by atoms with E-state index in [9.17, 15) is 4.79 Å². The maximum atomic E-state index is 12.5. The number of ether oxygens (including phenoxy) is 1. The summed E-state index contributed by atoms with van der Waals surface area (Å²) in [7, 11) is 0. The van der Waals surface area contributed by atoms with E-state index in [0.717, 1.165) is 52.1 Å². The second-order valence-corrected chi connectivity index (χ2v) is 7.23. The van der Waals surface area contributed by atoms with Gasteiger partial charge in [-0.1, -0.05) is 6.92 Å². The Morgan fingerprint density at radius 2 is 1.91 bits per heavy atom. The Balaban J connectivity index is 0.00000176. The van der Waals surface area contributed by atoms with E-state index in [1.54, 1.807) is 0 Å². The van der Waals surface area contributed by atoms with Gasteiger partial charge >= 0.3 is 0 Å². The van der Waals surface area contributed by atoms with E-state index < -0.39 is 0 Å². The lowest BCUT2D eigenvalue weighted by molar-refractivity contribution is -0.141. The highest BCUT2D eigenvalue weighted by atomic mass is 35.5. The number of likely N-dealkylation sites (tertiary alicyclic amines) is 1. The van der Waals surface area contributed by atoms with E-state index in [1.807, 2.05) is 4.90 Å². The summed E-state index contributed by atoms with van der Waals surface area (Å²) in [5.41, 5.74) is 0.432. The molecule has 0 aliphatic carbocycles. The molecule has 3 heterocycles. The van der Waals surface area contributed by atoms with Crippen LogP contribution in [-0.2, 0) is 9.53 Å². The Labute approximate surface area is 140 Å². The first-order valence-electron chi connectivity index (χ1n) is 8.46. The molecule has 3 aliphatic rings. The minimum absolute atomic E-state index is 0. The van der Waals surface area contributed by atoms with E-state index in [4.69, 9.17) is 4.74 Å². The molecule has 1 amide bonds. The van der Waals surface area contributed by atoms with Gasteiger partial charge in [-0.05, 0) is 44.3 Å². The molecule has 0 aromatic carbocycles. The van der Waals surface area contributed by atoms with Gasteiger partial charge in [-0.2, -0.15) is 0 Å². The Bertz CT molecular complexity index is 360. The summed E-state index contributed by atoms with van der Waals surface area (Å²) in [4.78, 5) is 17.1. The molecule has 3 rings (SSSR count). The van der Waals surface area contributed by atoms with Gasteiger partial charge in [0.15, 0.2) is 0 Å². The number of carbonyl (C=O) groups excluding carboxylic acids is 1. The van der Waals surface area contributed by atoms with Crippen molar-refractivity contribution < 1.29 is 9.53 Å². The molecule has 1 N–H and O–H groups in total. The van der Waals surface area contributed by atoms with Crippen LogP contribution in [0.3, 0.4) is 0 Å². The van der Waals surface area contributed by atoms with Crippen LogP contribution in [0, 0.1) is 11.3 Å². The van der Waals surface area contributed by atoms with Crippen LogP contribution in [0.5, 0.6) is 0 Å². The van der Waals surface area contributed by atoms with Crippen LogP contribution < -0.4 is 5.32 Å². The third-order valence-electron chi connectivity index (χ3n) is 5.32. The van der Waals surface area contributed by atoms with Crippen LogP contribution in [0.15, 0.2) is 0 Å². The number of nitrogens with zero attached hydrogens (tertiary/aromatic N) is 2. The summed E-state index contributed by atoms with van der Waals surface area (Å²) in [5, 5.41) is 3.47. The van der Waals surface area contributed by atoms with Crippen LogP contribution in [0.4, 0.5) is 0 Å². The lowest BCUT2D eigenvalue weighted by Gasteiger charge is -2.38. The van der Waals surface area contributed by atoms with Gasteiger partial charge in [0.1, 0.15) is 0 Å². The van der Waals surface area contributed by atoms with Gasteiger partial charge in [-0.25, -0.2) is 0 Å². The van der Waals surface area contributed by atoms with E-state index in [1.165, 1.54) is 13.0 Å². The Morgan fingerprint density at radius 3 is 2.50 bits per heavy atom. The first-order chi connectivity index (χ1) is 10.2.